The predicted molar refractivity (Wildman–Crippen MR) is 121 cm³/mol. The van der Waals surface area contributed by atoms with Gasteiger partial charge in [0.25, 0.3) is 0 Å². The summed E-state index contributed by atoms with van der Waals surface area (Å²) in [5.41, 5.74) is 6.47. The van der Waals surface area contributed by atoms with Crippen LogP contribution in [0.2, 0.25) is 5.02 Å². The molecule has 0 bridgehead atoms. The molecule has 4 rings (SSSR count). The van der Waals surface area contributed by atoms with E-state index in [0.29, 0.717) is 15.8 Å². The minimum absolute atomic E-state index is 0.0966. The van der Waals surface area contributed by atoms with Gasteiger partial charge in [0.1, 0.15) is 0 Å². The smallest absolute Gasteiger partial charge is 0.234 e. The number of halogens is 1. The van der Waals surface area contributed by atoms with Crippen LogP contribution in [0.15, 0.2) is 53.7 Å². The molecule has 0 saturated carbocycles. The van der Waals surface area contributed by atoms with Gasteiger partial charge in [-0.3, -0.25) is 4.79 Å². The first-order valence-corrected chi connectivity index (χ1v) is 10.8. The van der Waals surface area contributed by atoms with Crippen LogP contribution >= 0.6 is 23.4 Å². The maximum Gasteiger partial charge on any atom is 0.234 e. The number of aromatic nitrogens is 4. The molecule has 1 N–H and O–H groups in total. The van der Waals surface area contributed by atoms with Gasteiger partial charge in [0, 0.05) is 16.3 Å². The summed E-state index contributed by atoms with van der Waals surface area (Å²) < 4.78 is 1.66. The molecule has 0 fully saturated rings. The number of hydrogen-bond donors (Lipinski definition) is 1. The van der Waals surface area contributed by atoms with Crippen LogP contribution in [0.25, 0.3) is 16.9 Å². The number of amides is 1. The standard InChI is InChI=1S/C22H20ClN5OS/c1-13-10-14(2)21(15(3)11-13)24-20(29)12-30-22-26-25-19-9-8-18(27-28(19)22)16-4-6-17(23)7-5-16/h4-11H,12H2,1-3H3,(H,24,29). The van der Waals surface area contributed by atoms with E-state index in [4.69, 9.17) is 11.6 Å². The molecule has 0 spiro atoms. The number of nitrogens with one attached hydrogen (secondary N) is 1. The lowest BCUT2D eigenvalue weighted by molar-refractivity contribution is -0.113. The zero-order valence-corrected chi connectivity index (χ0v) is 18.4. The van der Waals surface area contributed by atoms with Gasteiger partial charge in [0.2, 0.25) is 11.1 Å². The summed E-state index contributed by atoms with van der Waals surface area (Å²) in [6.07, 6.45) is 0. The van der Waals surface area contributed by atoms with E-state index < -0.39 is 0 Å². The quantitative estimate of drug-likeness (QED) is 0.440. The van der Waals surface area contributed by atoms with Gasteiger partial charge in [-0.25, -0.2) is 0 Å². The molecular weight excluding hydrogens is 418 g/mol. The number of fused-ring (bicyclic) bond motifs is 1. The summed E-state index contributed by atoms with van der Waals surface area (Å²) in [7, 11) is 0. The molecule has 2 heterocycles. The van der Waals surface area contributed by atoms with E-state index in [1.54, 1.807) is 4.52 Å². The lowest BCUT2D eigenvalue weighted by Gasteiger charge is -2.12. The Balaban J connectivity index is 1.51. The van der Waals surface area contributed by atoms with Gasteiger partial charge in [-0.15, -0.1) is 10.2 Å². The van der Waals surface area contributed by atoms with Crippen molar-refractivity contribution in [3.05, 3.63) is 70.2 Å². The first-order chi connectivity index (χ1) is 14.4. The number of nitrogens with zero attached hydrogens (tertiary/aromatic N) is 4. The highest BCUT2D eigenvalue weighted by Crippen LogP contribution is 2.24. The first kappa shape index (κ1) is 20.4. The number of aryl methyl sites for hydroxylation is 3. The van der Waals surface area contributed by atoms with Gasteiger partial charge in [-0.1, -0.05) is 53.2 Å². The Morgan fingerprint density at radius 1 is 1.03 bits per heavy atom. The van der Waals surface area contributed by atoms with Crippen molar-refractivity contribution in [2.24, 2.45) is 0 Å². The van der Waals surface area contributed by atoms with Gasteiger partial charge in [0.05, 0.1) is 11.4 Å². The van der Waals surface area contributed by atoms with E-state index in [1.807, 2.05) is 57.2 Å². The highest BCUT2D eigenvalue weighted by molar-refractivity contribution is 7.99. The third kappa shape index (κ3) is 4.32. The topological polar surface area (TPSA) is 72.2 Å². The van der Waals surface area contributed by atoms with Crippen LogP contribution in [-0.2, 0) is 4.79 Å². The van der Waals surface area contributed by atoms with Gasteiger partial charge in [0.15, 0.2) is 5.65 Å². The molecule has 30 heavy (non-hydrogen) atoms. The number of thioether (sulfide) groups is 1. The monoisotopic (exact) mass is 437 g/mol. The van der Waals surface area contributed by atoms with Crippen molar-refractivity contribution in [3.8, 4) is 11.3 Å². The minimum Gasteiger partial charge on any atom is -0.325 e. The van der Waals surface area contributed by atoms with Crippen molar-refractivity contribution < 1.29 is 4.79 Å². The lowest BCUT2D eigenvalue weighted by atomic mass is 10.1. The molecule has 0 aliphatic carbocycles. The fourth-order valence-electron chi connectivity index (χ4n) is 3.32. The summed E-state index contributed by atoms with van der Waals surface area (Å²) in [6, 6.07) is 15.3. The number of rotatable bonds is 5. The van der Waals surface area contributed by atoms with Crippen LogP contribution in [0.1, 0.15) is 16.7 Å². The Morgan fingerprint density at radius 2 is 1.73 bits per heavy atom. The Labute approximate surface area is 183 Å². The molecule has 0 atom stereocenters. The molecule has 8 heteroatoms. The van der Waals surface area contributed by atoms with E-state index >= 15 is 0 Å². The van der Waals surface area contributed by atoms with Gasteiger partial charge in [-0.05, 0) is 56.2 Å². The molecule has 0 aliphatic heterocycles. The van der Waals surface area contributed by atoms with Crippen LogP contribution in [0.4, 0.5) is 5.69 Å². The van der Waals surface area contributed by atoms with E-state index in [2.05, 4.69) is 32.7 Å². The van der Waals surface area contributed by atoms with E-state index in [0.717, 1.165) is 28.1 Å². The molecule has 6 nitrogen and oxygen atoms in total. The average Bonchev–Trinajstić information content (AvgIpc) is 3.12. The van der Waals surface area contributed by atoms with Gasteiger partial charge < -0.3 is 5.32 Å². The first-order valence-electron chi connectivity index (χ1n) is 9.39. The zero-order chi connectivity index (χ0) is 21.3. The molecule has 0 aliphatic rings. The molecule has 0 saturated heterocycles. The summed E-state index contributed by atoms with van der Waals surface area (Å²) in [5, 5.41) is 17.2. The highest BCUT2D eigenvalue weighted by atomic mass is 35.5. The van der Waals surface area contributed by atoms with Gasteiger partial charge in [-0.2, -0.15) is 9.61 Å². The SMILES string of the molecule is Cc1cc(C)c(NC(=O)CSc2nnc3ccc(-c4ccc(Cl)cc4)nn23)c(C)c1. The third-order valence-corrected chi connectivity index (χ3v) is 5.82. The molecule has 152 valence electrons. The summed E-state index contributed by atoms with van der Waals surface area (Å²) >= 11 is 7.27. The van der Waals surface area contributed by atoms with Crippen LogP contribution in [-0.4, -0.2) is 31.5 Å². The van der Waals surface area contributed by atoms with Crippen LogP contribution in [0.5, 0.6) is 0 Å². The fraction of sp³-hybridized carbons (Fsp3) is 0.182. The second kappa shape index (κ2) is 8.45. The van der Waals surface area contributed by atoms with Crippen LogP contribution in [0.3, 0.4) is 0 Å². The van der Waals surface area contributed by atoms with Crippen molar-refractivity contribution in [2.45, 2.75) is 25.9 Å². The largest absolute Gasteiger partial charge is 0.325 e. The second-order valence-electron chi connectivity index (χ2n) is 7.09. The number of anilines is 1. The summed E-state index contributed by atoms with van der Waals surface area (Å²) in [4.78, 5) is 12.5. The molecule has 1 amide bonds. The maximum atomic E-state index is 12.5. The number of hydrogen-bond acceptors (Lipinski definition) is 5. The molecule has 2 aromatic heterocycles. The van der Waals surface area contributed by atoms with Crippen molar-refractivity contribution in [1.29, 1.82) is 0 Å². The average molecular weight is 438 g/mol. The molecule has 0 radical (unpaired) electrons. The van der Waals surface area contributed by atoms with E-state index in [1.165, 1.54) is 17.3 Å². The van der Waals surface area contributed by atoms with Crippen molar-refractivity contribution >= 4 is 40.6 Å². The van der Waals surface area contributed by atoms with Crippen LogP contribution < -0.4 is 5.32 Å². The lowest BCUT2D eigenvalue weighted by Crippen LogP contribution is -2.16. The normalized spacial score (nSPS) is 11.1. The Morgan fingerprint density at radius 3 is 2.43 bits per heavy atom. The number of benzene rings is 2. The van der Waals surface area contributed by atoms with Crippen LogP contribution in [0, 0.1) is 20.8 Å². The Hall–Kier alpha value is -2.90. The van der Waals surface area contributed by atoms with E-state index in [-0.39, 0.29) is 11.7 Å². The molecule has 2 aromatic carbocycles. The minimum atomic E-state index is -0.0966. The van der Waals surface area contributed by atoms with Crippen molar-refractivity contribution in [2.75, 3.05) is 11.1 Å². The maximum absolute atomic E-state index is 12.5. The second-order valence-corrected chi connectivity index (χ2v) is 8.47. The Bertz CT molecular complexity index is 1210. The molecular formula is C22H20ClN5OS. The number of carbonyl (C=O) groups excluding carboxylic acids is 1. The predicted octanol–water partition coefficient (Wildman–Crippen LogP) is 5.10. The van der Waals surface area contributed by atoms with Crippen molar-refractivity contribution in [1.82, 2.24) is 19.8 Å². The van der Waals surface area contributed by atoms with Crippen molar-refractivity contribution in [3.63, 3.8) is 0 Å². The Kier molecular flexibility index (Phi) is 5.74. The molecule has 0 unspecified atom stereocenters. The molecule has 4 aromatic rings. The van der Waals surface area contributed by atoms with Gasteiger partial charge >= 0.3 is 0 Å². The summed E-state index contributed by atoms with van der Waals surface area (Å²) in [5.74, 6) is 0.112. The van der Waals surface area contributed by atoms with E-state index in [9.17, 15) is 4.79 Å². The highest BCUT2D eigenvalue weighted by Gasteiger charge is 2.13. The number of carbonyl (C=O) groups is 1. The zero-order valence-electron chi connectivity index (χ0n) is 16.8. The third-order valence-electron chi connectivity index (χ3n) is 4.65. The fourth-order valence-corrected chi connectivity index (χ4v) is 4.13. The summed E-state index contributed by atoms with van der Waals surface area (Å²) in [6.45, 7) is 6.04.